The van der Waals surface area contributed by atoms with E-state index in [1.54, 1.807) is 0 Å². The number of nitrogens with zero attached hydrogens (tertiary/aromatic N) is 2. The van der Waals surface area contributed by atoms with Gasteiger partial charge in [-0.3, -0.25) is 0 Å². The molecule has 0 aliphatic rings. The fourth-order valence-electron chi connectivity index (χ4n) is 1.28. The van der Waals surface area contributed by atoms with E-state index in [1.807, 2.05) is 6.92 Å². The number of hydrogen-bond acceptors (Lipinski definition) is 5. The van der Waals surface area contributed by atoms with Gasteiger partial charge in [0.2, 0.25) is 5.89 Å². The van der Waals surface area contributed by atoms with E-state index in [1.165, 1.54) is 0 Å². The molecule has 5 nitrogen and oxygen atoms in total. The van der Waals surface area contributed by atoms with Gasteiger partial charge >= 0.3 is 0 Å². The predicted molar refractivity (Wildman–Crippen MR) is 56.9 cm³/mol. The first-order chi connectivity index (χ1) is 8.13. The van der Waals surface area contributed by atoms with Crippen LogP contribution in [0.1, 0.15) is 31.0 Å². The summed E-state index contributed by atoms with van der Waals surface area (Å²) >= 11 is 0. The minimum Gasteiger partial charge on any atom is -0.375 e. The van der Waals surface area contributed by atoms with Crippen molar-refractivity contribution in [2.45, 2.75) is 32.1 Å². The summed E-state index contributed by atoms with van der Waals surface area (Å²) in [6.07, 6.45) is -1.31. The van der Waals surface area contributed by atoms with Crippen molar-refractivity contribution in [1.82, 2.24) is 10.1 Å². The zero-order valence-corrected chi connectivity index (χ0v) is 9.73. The number of rotatable bonds is 8. The first-order valence-electron chi connectivity index (χ1n) is 5.52. The van der Waals surface area contributed by atoms with Crippen molar-refractivity contribution in [2.24, 2.45) is 5.73 Å². The summed E-state index contributed by atoms with van der Waals surface area (Å²) in [5.74, 6) is 1.11. The molecule has 0 saturated heterocycles. The highest BCUT2D eigenvalue weighted by atomic mass is 19.3. The second-order valence-electron chi connectivity index (χ2n) is 3.74. The SMILES string of the molecule is CC(CCN)c1nc(CCOCC(F)F)no1. The van der Waals surface area contributed by atoms with E-state index in [-0.39, 0.29) is 12.5 Å². The third-order valence-electron chi connectivity index (χ3n) is 2.22. The molecular weight excluding hydrogens is 232 g/mol. The minimum absolute atomic E-state index is 0.114. The van der Waals surface area contributed by atoms with Crippen molar-refractivity contribution >= 4 is 0 Å². The van der Waals surface area contributed by atoms with Crippen LogP contribution in [0.4, 0.5) is 8.78 Å². The number of ether oxygens (including phenoxy) is 1. The van der Waals surface area contributed by atoms with Gasteiger partial charge in [-0.25, -0.2) is 8.78 Å². The highest BCUT2D eigenvalue weighted by Crippen LogP contribution is 2.15. The van der Waals surface area contributed by atoms with E-state index in [9.17, 15) is 8.78 Å². The van der Waals surface area contributed by atoms with Crippen LogP contribution in [0.2, 0.25) is 0 Å². The standard InChI is InChI=1S/C10H17F2N3O2/c1-7(2-4-13)10-14-9(15-17-10)3-5-16-6-8(11)12/h7-8H,2-6,13H2,1H3. The highest BCUT2D eigenvalue weighted by molar-refractivity contribution is 4.92. The first kappa shape index (κ1) is 14.0. The zero-order valence-electron chi connectivity index (χ0n) is 9.73. The molecule has 0 aliphatic heterocycles. The van der Waals surface area contributed by atoms with Gasteiger partial charge in [0.05, 0.1) is 6.61 Å². The van der Waals surface area contributed by atoms with Crippen LogP contribution in [0.5, 0.6) is 0 Å². The molecule has 0 aromatic carbocycles. The number of halogens is 2. The molecule has 1 aromatic heterocycles. The number of nitrogens with two attached hydrogens (primary N) is 1. The fourth-order valence-corrected chi connectivity index (χ4v) is 1.28. The summed E-state index contributed by atoms with van der Waals surface area (Å²) < 4.78 is 33.3. The van der Waals surface area contributed by atoms with Crippen molar-refractivity contribution < 1.29 is 18.0 Å². The molecule has 98 valence electrons. The van der Waals surface area contributed by atoms with Crippen molar-refractivity contribution in [1.29, 1.82) is 0 Å². The molecular formula is C10H17F2N3O2. The Bertz CT molecular complexity index is 320. The van der Waals surface area contributed by atoms with Crippen LogP contribution in [0, 0.1) is 0 Å². The van der Waals surface area contributed by atoms with E-state index in [2.05, 4.69) is 10.1 Å². The van der Waals surface area contributed by atoms with E-state index >= 15 is 0 Å². The maximum Gasteiger partial charge on any atom is 0.261 e. The Labute approximate surface area is 98.3 Å². The van der Waals surface area contributed by atoms with Crippen LogP contribution in [-0.2, 0) is 11.2 Å². The lowest BCUT2D eigenvalue weighted by Gasteiger charge is -2.02. The quantitative estimate of drug-likeness (QED) is 0.704. The van der Waals surface area contributed by atoms with E-state index in [0.29, 0.717) is 24.7 Å². The summed E-state index contributed by atoms with van der Waals surface area (Å²) in [6.45, 7) is 2.09. The van der Waals surface area contributed by atoms with Gasteiger partial charge in [-0.15, -0.1) is 0 Å². The number of hydrogen-bond donors (Lipinski definition) is 1. The molecule has 17 heavy (non-hydrogen) atoms. The molecule has 1 aromatic rings. The Hall–Kier alpha value is -1.08. The Kier molecular flexibility index (Phi) is 5.99. The van der Waals surface area contributed by atoms with Gasteiger partial charge in [0.1, 0.15) is 6.61 Å². The monoisotopic (exact) mass is 249 g/mol. The highest BCUT2D eigenvalue weighted by Gasteiger charge is 2.13. The van der Waals surface area contributed by atoms with E-state index < -0.39 is 13.0 Å². The first-order valence-corrected chi connectivity index (χ1v) is 5.52. The molecule has 0 amide bonds. The molecule has 0 radical (unpaired) electrons. The van der Waals surface area contributed by atoms with Gasteiger partial charge in [-0.1, -0.05) is 12.1 Å². The molecule has 0 saturated carbocycles. The molecule has 1 rings (SSSR count). The molecule has 7 heteroatoms. The molecule has 0 fully saturated rings. The van der Waals surface area contributed by atoms with Crippen LogP contribution in [0.15, 0.2) is 4.52 Å². The maximum atomic E-state index is 11.8. The average molecular weight is 249 g/mol. The second kappa shape index (κ2) is 7.29. The van der Waals surface area contributed by atoms with Crippen LogP contribution >= 0.6 is 0 Å². The predicted octanol–water partition coefficient (Wildman–Crippen LogP) is 1.35. The largest absolute Gasteiger partial charge is 0.375 e. The van der Waals surface area contributed by atoms with E-state index in [4.69, 9.17) is 15.0 Å². The summed E-state index contributed by atoms with van der Waals surface area (Å²) in [7, 11) is 0. The number of alkyl halides is 2. The van der Waals surface area contributed by atoms with Crippen LogP contribution < -0.4 is 5.73 Å². The smallest absolute Gasteiger partial charge is 0.261 e. The minimum atomic E-state index is -2.44. The van der Waals surface area contributed by atoms with Gasteiger partial charge in [0.25, 0.3) is 6.43 Å². The summed E-state index contributed by atoms with van der Waals surface area (Å²) in [4.78, 5) is 4.14. The fraction of sp³-hybridized carbons (Fsp3) is 0.800. The topological polar surface area (TPSA) is 74.2 Å². The van der Waals surface area contributed by atoms with Gasteiger partial charge in [0, 0.05) is 12.3 Å². The third-order valence-corrected chi connectivity index (χ3v) is 2.22. The lowest BCUT2D eigenvalue weighted by molar-refractivity contribution is 0.0182. The Morgan fingerprint density at radius 3 is 2.88 bits per heavy atom. The molecule has 2 N–H and O–H groups in total. The number of aromatic nitrogens is 2. The molecule has 1 heterocycles. The lowest BCUT2D eigenvalue weighted by Crippen LogP contribution is -2.08. The van der Waals surface area contributed by atoms with Crippen LogP contribution in [0.3, 0.4) is 0 Å². The second-order valence-corrected chi connectivity index (χ2v) is 3.74. The maximum absolute atomic E-state index is 11.8. The van der Waals surface area contributed by atoms with Crippen molar-refractivity contribution in [2.75, 3.05) is 19.8 Å². The molecule has 0 aliphatic carbocycles. The van der Waals surface area contributed by atoms with Crippen molar-refractivity contribution in [3.63, 3.8) is 0 Å². The van der Waals surface area contributed by atoms with Crippen LogP contribution in [-0.4, -0.2) is 36.3 Å². The Balaban J connectivity index is 2.30. The zero-order chi connectivity index (χ0) is 12.7. The summed E-state index contributed by atoms with van der Waals surface area (Å²) in [5, 5.41) is 3.74. The summed E-state index contributed by atoms with van der Waals surface area (Å²) in [6, 6.07) is 0. The van der Waals surface area contributed by atoms with Crippen LogP contribution in [0.25, 0.3) is 0 Å². The summed E-state index contributed by atoms with van der Waals surface area (Å²) in [5.41, 5.74) is 5.42. The van der Waals surface area contributed by atoms with Gasteiger partial charge < -0.3 is 15.0 Å². The molecule has 0 bridgehead atoms. The van der Waals surface area contributed by atoms with Crippen molar-refractivity contribution in [3.8, 4) is 0 Å². The lowest BCUT2D eigenvalue weighted by atomic mass is 10.1. The van der Waals surface area contributed by atoms with E-state index in [0.717, 1.165) is 6.42 Å². The van der Waals surface area contributed by atoms with Gasteiger partial charge in [-0.2, -0.15) is 4.98 Å². The molecule has 1 unspecified atom stereocenters. The Morgan fingerprint density at radius 2 is 2.24 bits per heavy atom. The van der Waals surface area contributed by atoms with Gasteiger partial charge in [-0.05, 0) is 13.0 Å². The van der Waals surface area contributed by atoms with Crippen molar-refractivity contribution in [3.05, 3.63) is 11.7 Å². The van der Waals surface area contributed by atoms with Gasteiger partial charge in [0.15, 0.2) is 5.82 Å². The average Bonchev–Trinajstić information content (AvgIpc) is 2.73. The third kappa shape index (κ3) is 5.18. The normalized spacial score (nSPS) is 13.2. The molecule has 0 spiro atoms. The molecule has 1 atom stereocenters. The Morgan fingerprint density at radius 1 is 1.47 bits per heavy atom.